The fourth-order valence-electron chi connectivity index (χ4n) is 2.68. The first-order valence-electron chi connectivity index (χ1n) is 7.89. The Labute approximate surface area is 127 Å². The Kier molecular flexibility index (Phi) is 6.21. The molecule has 0 bridgehead atoms. The molecule has 21 heavy (non-hydrogen) atoms. The van der Waals surface area contributed by atoms with Crippen LogP contribution in [0.2, 0.25) is 0 Å². The van der Waals surface area contributed by atoms with Gasteiger partial charge in [0.15, 0.2) is 0 Å². The van der Waals surface area contributed by atoms with Crippen molar-refractivity contribution in [1.29, 1.82) is 0 Å². The average Bonchev–Trinajstić information content (AvgIpc) is 2.55. The zero-order chi connectivity index (χ0) is 15.1. The fraction of sp³-hybridized carbons (Fsp3) is 0.588. The van der Waals surface area contributed by atoms with Crippen LogP contribution in [0.5, 0.6) is 0 Å². The van der Waals surface area contributed by atoms with Gasteiger partial charge in [0.05, 0.1) is 6.04 Å². The molecule has 0 spiro atoms. The van der Waals surface area contributed by atoms with Crippen molar-refractivity contribution in [1.82, 2.24) is 5.32 Å². The summed E-state index contributed by atoms with van der Waals surface area (Å²) >= 11 is 0. The molecule has 116 valence electrons. The maximum absolute atomic E-state index is 12.1. The molecule has 1 aliphatic heterocycles. The van der Waals surface area contributed by atoms with E-state index in [1.807, 2.05) is 0 Å². The van der Waals surface area contributed by atoms with Gasteiger partial charge in [0, 0.05) is 19.8 Å². The van der Waals surface area contributed by atoms with Gasteiger partial charge in [-0.3, -0.25) is 4.79 Å². The quantitative estimate of drug-likeness (QED) is 0.837. The highest BCUT2D eigenvalue weighted by Gasteiger charge is 2.26. The maximum Gasteiger partial charge on any atom is 0.237 e. The lowest BCUT2D eigenvalue weighted by Gasteiger charge is -2.26. The van der Waals surface area contributed by atoms with E-state index in [1.165, 1.54) is 11.1 Å². The molecule has 4 heteroatoms. The van der Waals surface area contributed by atoms with Crippen molar-refractivity contribution in [3.63, 3.8) is 0 Å². The largest absolute Gasteiger partial charge is 0.381 e. The highest BCUT2D eigenvalue weighted by atomic mass is 16.5. The van der Waals surface area contributed by atoms with Crippen LogP contribution in [0, 0.1) is 5.92 Å². The minimum atomic E-state index is -0.406. The van der Waals surface area contributed by atoms with Gasteiger partial charge in [-0.1, -0.05) is 31.2 Å². The normalized spacial score (nSPS) is 17.4. The van der Waals surface area contributed by atoms with Crippen LogP contribution in [-0.4, -0.2) is 31.7 Å². The molecule has 1 unspecified atom stereocenters. The monoisotopic (exact) mass is 290 g/mol. The minimum absolute atomic E-state index is 0.0351. The lowest BCUT2D eigenvalue weighted by molar-refractivity contribution is -0.124. The van der Waals surface area contributed by atoms with E-state index in [0.29, 0.717) is 6.54 Å². The number of hydrogen-bond acceptors (Lipinski definition) is 3. The van der Waals surface area contributed by atoms with Crippen molar-refractivity contribution in [2.75, 3.05) is 19.8 Å². The molecule has 1 aromatic carbocycles. The summed E-state index contributed by atoms with van der Waals surface area (Å²) in [5.74, 6) is 0.217. The third-order valence-electron chi connectivity index (χ3n) is 4.22. The average molecular weight is 290 g/mol. The van der Waals surface area contributed by atoms with E-state index in [2.05, 4.69) is 36.5 Å². The molecule has 3 N–H and O–H groups in total. The Morgan fingerprint density at radius 2 is 1.90 bits per heavy atom. The van der Waals surface area contributed by atoms with Gasteiger partial charge in [-0.25, -0.2) is 0 Å². The maximum atomic E-state index is 12.1. The smallest absolute Gasteiger partial charge is 0.237 e. The van der Waals surface area contributed by atoms with Gasteiger partial charge in [0.1, 0.15) is 0 Å². The summed E-state index contributed by atoms with van der Waals surface area (Å²) in [6.07, 6.45) is 3.66. The Hall–Kier alpha value is -1.39. The summed E-state index contributed by atoms with van der Waals surface area (Å²) in [7, 11) is 0. The van der Waals surface area contributed by atoms with Crippen LogP contribution in [0.1, 0.15) is 30.9 Å². The molecule has 1 saturated heterocycles. The number of ether oxygens (including phenoxy) is 1. The van der Waals surface area contributed by atoms with Gasteiger partial charge < -0.3 is 15.8 Å². The van der Waals surface area contributed by atoms with E-state index < -0.39 is 6.04 Å². The summed E-state index contributed by atoms with van der Waals surface area (Å²) in [4.78, 5) is 12.1. The van der Waals surface area contributed by atoms with E-state index in [-0.39, 0.29) is 11.8 Å². The number of amides is 1. The predicted octanol–water partition coefficient (Wildman–Crippen LogP) is 1.66. The van der Waals surface area contributed by atoms with Crippen molar-refractivity contribution in [2.45, 2.75) is 38.6 Å². The van der Waals surface area contributed by atoms with E-state index in [4.69, 9.17) is 10.5 Å². The van der Waals surface area contributed by atoms with Crippen molar-refractivity contribution in [3.05, 3.63) is 35.4 Å². The van der Waals surface area contributed by atoms with Crippen LogP contribution in [0.4, 0.5) is 0 Å². The predicted molar refractivity (Wildman–Crippen MR) is 84.1 cm³/mol. The zero-order valence-corrected chi connectivity index (χ0v) is 12.8. The molecule has 0 radical (unpaired) electrons. The van der Waals surface area contributed by atoms with Crippen LogP contribution in [0.15, 0.2) is 24.3 Å². The molecule has 1 aliphatic rings. The Morgan fingerprint density at radius 3 is 2.52 bits per heavy atom. The number of nitrogens with one attached hydrogen (secondary N) is 1. The van der Waals surface area contributed by atoms with Gasteiger partial charge in [0.2, 0.25) is 5.91 Å². The molecule has 1 fully saturated rings. The van der Waals surface area contributed by atoms with Crippen LogP contribution < -0.4 is 11.1 Å². The Morgan fingerprint density at radius 1 is 1.29 bits per heavy atom. The molecule has 0 saturated carbocycles. The molecular formula is C17H26N2O2. The highest BCUT2D eigenvalue weighted by molar-refractivity contribution is 5.81. The molecule has 4 nitrogen and oxygen atoms in total. The molecule has 0 aromatic heterocycles. The van der Waals surface area contributed by atoms with Crippen molar-refractivity contribution >= 4 is 5.91 Å². The second kappa shape index (κ2) is 8.15. The minimum Gasteiger partial charge on any atom is -0.381 e. The Balaban J connectivity index is 1.72. The van der Waals surface area contributed by atoms with Crippen LogP contribution in [-0.2, 0) is 22.4 Å². The zero-order valence-electron chi connectivity index (χ0n) is 12.8. The van der Waals surface area contributed by atoms with Crippen molar-refractivity contribution in [3.8, 4) is 0 Å². The fourth-order valence-corrected chi connectivity index (χ4v) is 2.68. The van der Waals surface area contributed by atoms with Crippen molar-refractivity contribution in [2.24, 2.45) is 11.7 Å². The molecule has 0 aliphatic carbocycles. The van der Waals surface area contributed by atoms with E-state index in [9.17, 15) is 4.79 Å². The highest BCUT2D eigenvalue weighted by Crippen LogP contribution is 2.17. The summed E-state index contributed by atoms with van der Waals surface area (Å²) in [6, 6.07) is 8.14. The van der Waals surface area contributed by atoms with E-state index in [1.54, 1.807) is 0 Å². The van der Waals surface area contributed by atoms with Gasteiger partial charge >= 0.3 is 0 Å². The van der Waals surface area contributed by atoms with Gasteiger partial charge in [-0.2, -0.15) is 0 Å². The third kappa shape index (κ3) is 4.83. The Bertz CT molecular complexity index is 439. The molecule has 1 atom stereocenters. The lowest BCUT2D eigenvalue weighted by atomic mass is 9.92. The van der Waals surface area contributed by atoms with Gasteiger partial charge in [-0.15, -0.1) is 0 Å². The first-order valence-corrected chi connectivity index (χ1v) is 7.89. The van der Waals surface area contributed by atoms with Crippen molar-refractivity contribution < 1.29 is 9.53 Å². The van der Waals surface area contributed by atoms with Crippen LogP contribution >= 0.6 is 0 Å². The lowest BCUT2D eigenvalue weighted by Crippen LogP contribution is -2.47. The topological polar surface area (TPSA) is 64.4 Å². The SMILES string of the molecule is CCc1ccc(CCNC(=O)C(N)C2CCOCC2)cc1. The number of carbonyl (C=O) groups is 1. The summed E-state index contributed by atoms with van der Waals surface area (Å²) in [6.45, 7) is 4.22. The molecule has 1 heterocycles. The molecular weight excluding hydrogens is 264 g/mol. The number of aryl methyl sites for hydroxylation is 1. The number of hydrogen-bond donors (Lipinski definition) is 2. The second-order valence-corrected chi connectivity index (χ2v) is 5.69. The van der Waals surface area contributed by atoms with E-state index >= 15 is 0 Å². The van der Waals surface area contributed by atoms with Gasteiger partial charge in [0.25, 0.3) is 0 Å². The second-order valence-electron chi connectivity index (χ2n) is 5.69. The number of rotatable bonds is 6. The van der Waals surface area contributed by atoms with Crippen LogP contribution in [0.25, 0.3) is 0 Å². The standard InChI is InChI=1S/C17H26N2O2/c1-2-13-3-5-14(6-4-13)7-10-19-17(20)16(18)15-8-11-21-12-9-15/h3-6,15-16H,2,7-12,18H2,1H3,(H,19,20). The summed E-state index contributed by atoms with van der Waals surface area (Å²) in [5, 5.41) is 2.95. The first kappa shape index (κ1) is 16.0. The third-order valence-corrected chi connectivity index (χ3v) is 4.22. The molecule has 1 amide bonds. The van der Waals surface area contributed by atoms with Gasteiger partial charge in [-0.05, 0) is 42.7 Å². The number of benzene rings is 1. The number of carbonyl (C=O) groups excluding carboxylic acids is 1. The summed E-state index contributed by atoms with van der Waals surface area (Å²) in [5.41, 5.74) is 8.62. The first-order chi connectivity index (χ1) is 10.2. The van der Waals surface area contributed by atoms with Crippen LogP contribution in [0.3, 0.4) is 0 Å². The van der Waals surface area contributed by atoms with E-state index in [0.717, 1.165) is 38.9 Å². The molecule has 1 aromatic rings. The number of nitrogens with two attached hydrogens (primary N) is 1. The molecule has 2 rings (SSSR count). The summed E-state index contributed by atoms with van der Waals surface area (Å²) < 4.78 is 5.30.